The maximum atomic E-state index is 12.7. The summed E-state index contributed by atoms with van der Waals surface area (Å²) in [6, 6.07) is 15.7. The number of amides is 2. The molecule has 0 fully saturated rings. The van der Waals surface area contributed by atoms with Gasteiger partial charge in [0.2, 0.25) is 10.0 Å². The first-order valence-electron chi connectivity index (χ1n) is 9.02. The van der Waals surface area contributed by atoms with E-state index in [4.69, 9.17) is 4.42 Å². The quantitative estimate of drug-likeness (QED) is 0.603. The van der Waals surface area contributed by atoms with Crippen molar-refractivity contribution in [2.75, 3.05) is 19.4 Å². The third-order valence-electron chi connectivity index (χ3n) is 4.30. The van der Waals surface area contributed by atoms with E-state index in [2.05, 4.69) is 10.6 Å². The van der Waals surface area contributed by atoms with E-state index in [-0.39, 0.29) is 28.5 Å². The number of furan rings is 1. The molecule has 2 N–H and O–H groups in total. The van der Waals surface area contributed by atoms with Gasteiger partial charge < -0.3 is 15.1 Å². The third kappa shape index (κ3) is 4.76. The highest BCUT2D eigenvalue weighted by Gasteiger charge is 2.20. The monoisotopic (exact) mass is 427 g/mol. The molecule has 0 aliphatic rings. The second kappa shape index (κ2) is 8.93. The lowest BCUT2D eigenvalue weighted by Gasteiger charge is -2.13. The van der Waals surface area contributed by atoms with Crippen LogP contribution in [0.4, 0.5) is 5.69 Å². The molecule has 2 aromatic carbocycles. The fourth-order valence-electron chi connectivity index (χ4n) is 2.67. The van der Waals surface area contributed by atoms with Crippen LogP contribution in [0.5, 0.6) is 0 Å². The van der Waals surface area contributed by atoms with Gasteiger partial charge in [-0.2, -0.15) is 0 Å². The maximum absolute atomic E-state index is 12.7. The van der Waals surface area contributed by atoms with Crippen LogP contribution in [0.25, 0.3) is 0 Å². The normalized spacial score (nSPS) is 11.3. The number of rotatable bonds is 7. The summed E-state index contributed by atoms with van der Waals surface area (Å²) in [5, 5.41) is 5.40. The Morgan fingerprint density at radius 2 is 1.73 bits per heavy atom. The first kappa shape index (κ1) is 21.3. The van der Waals surface area contributed by atoms with Crippen molar-refractivity contribution < 1.29 is 22.4 Å². The Morgan fingerprint density at radius 3 is 2.43 bits per heavy atom. The summed E-state index contributed by atoms with van der Waals surface area (Å²) in [5.41, 5.74) is 0.735. The van der Waals surface area contributed by atoms with E-state index < -0.39 is 15.9 Å². The molecule has 30 heavy (non-hydrogen) atoms. The fraction of sp³-hybridized carbons (Fsp3) is 0.143. The topological polar surface area (TPSA) is 109 Å². The number of benzene rings is 2. The first-order valence-corrected chi connectivity index (χ1v) is 10.5. The van der Waals surface area contributed by atoms with Gasteiger partial charge in [0, 0.05) is 19.7 Å². The first-order chi connectivity index (χ1) is 14.3. The smallest absolute Gasteiger partial charge is 0.255 e. The third-order valence-corrected chi connectivity index (χ3v) is 6.11. The largest absolute Gasteiger partial charge is 0.467 e. The summed E-state index contributed by atoms with van der Waals surface area (Å²) < 4.78 is 30.9. The predicted octanol–water partition coefficient (Wildman–Crippen LogP) is 2.71. The molecule has 3 aromatic rings. The van der Waals surface area contributed by atoms with Gasteiger partial charge in [-0.05, 0) is 42.5 Å². The molecule has 0 aliphatic heterocycles. The van der Waals surface area contributed by atoms with Gasteiger partial charge in [0.15, 0.2) is 0 Å². The highest BCUT2D eigenvalue weighted by Crippen LogP contribution is 2.19. The number of hydrogen-bond acceptors (Lipinski definition) is 5. The second-order valence-corrected chi connectivity index (χ2v) is 8.73. The van der Waals surface area contributed by atoms with Crippen molar-refractivity contribution in [3.8, 4) is 0 Å². The van der Waals surface area contributed by atoms with Gasteiger partial charge in [-0.15, -0.1) is 0 Å². The van der Waals surface area contributed by atoms with E-state index in [1.54, 1.807) is 36.4 Å². The van der Waals surface area contributed by atoms with Gasteiger partial charge in [-0.25, -0.2) is 12.7 Å². The van der Waals surface area contributed by atoms with Crippen molar-refractivity contribution in [1.29, 1.82) is 0 Å². The van der Waals surface area contributed by atoms with Gasteiger partial charge >= 0.3 is 0 Å². The Hall–Kier alpha value is -3.43. The predicted molar refractivity (Wildman–Crippen MR) is 112 cm³/mol. The van der Waals surface area contributed by atoms with Gasteiger partial charge in [0.25, 0.3) is 11.8 Å². The SMILES string of the molecule is CN(C)S(=O)(=O)c1cccc(C(=O)Nc2ccccc2C(=O)NCc2ccco2)c1. The van der Waals surface area contributed by atoms with Crippen molar-refractivity contribution in [2.24, 2.45) is 0 Å². The minimum absolute atomic E-state index is 0.00428. The average Bonchev–Trinajstić information content (AvgIpc) is 3.26. The van der Waals surface area contributed by atoms with Crippen LogP contribution in [0.3, 0.4) is 0 Å². The number of carbonyl (C=O) groups is 2. The summed E-state index contributed by atoms with van der Waals surface area (Å²) in [6.07, 6.45) is 1.51. The number of hydrogen-bond donors (Lipinski definition) is 2. The fourth-order valence-corrected chi connectivity index (χ4v) is 3.62. The Morgan fingerprint density at radius 1 is 0.967 bits per heavy atom. The zero-order chi connectivity index (χ0) is 21.7. The minimum atomic E-state index is -3.68. The van der Waals surface area contributed by atoms with E-state index in [1.807, 2.05) is 0 Å². The number of carbonyl (C=O) groups excluding carboxylic acids is 2. The van der Waals surface area contributed by atoms with Gasteiger partial charge in [0.05, 0.1) is 29.0 Å². The molecule has 0 unspecified atom stereocenters. The lowest BCUT2D eigenvalue weighted by atomic mass is 10.1. The molecule has 2 amide bonds. The average molecular weight is 427 g/mol. The molecule has 3 rings (SSSR count). The van der Waals surface area contributed by atoms with Crippen LogP contribution in [-0.4, -0.2) is 38.6 Å². The molecule has 0 atom stereocenters. The van der Waals surface area contributed by atoms with Crippen LogP contribution in [0, 0.1) is 0 Å². The molecule has 0 bridgehead atoms. The summed E-state index contributed by atoms with van der Waals surface area (Å²) in [5.74, 6) is -0.313. The summed E-state index contributed by atoms with van der Waals surface area (Å²) in [6.45, 7) is 0.207. The molecule has 1 aromatic heterocycles. The summed E-state index contributed by atoms with van der Waals surface area (Å²) in [7, 11) is -0.843. The highest BCUT2D eigenvalue weighted by molar-refractivity contribution is 7.89. The van der Waals surface area contributed by atoms with Crippen molar-refractivity contribution in [3.63, 3.8) is 0 Å². The van der Waals surface area contributed by atoms with Crippen LogP contribution in [0.1, 0.15) is 26.5 Å². The molecule has 8 nitrogen and oxygen atoms in total. The van der Waals surface area contributed by atoms with E-state index in [1.165, 1.54) is 44.6 Å². The molecule has 0 spiro atoms. The van der Waals surface area contributed by atoms with E-state index in [0.717, 1.165) is 4.31 Å². The zero-order valence-electron chi connectivity index (χ0n) is 16.5. The van der Waals surface area contributed by atoms with Crippen molar-refractivity contribution in [1.82, 2.24) is 9.62 Å². The van der Waals surface area contributed by atoms with Crippen molar-refractivity contribution in [3.05, 3.63) is 83.8 Å². The Balaban J connectivity index is 1.79. The maximum Gasteiger partial charge on any atom is 0.255 e. The number of para-hydroxylation sites is 1. The van der Waals surface area contributed by atoms with Crippen LogP contribution in [0.15, 0.2) is 76.2 Å². The van der Waals surface area contributed by atoms with E-state index in [0.29, 0.717) is 11.4 Å². The van der Waals surface area contributed by atoms with Gasteiger partial charge in [0.1, 0.15) is 5.76 Å². The summed E-state index contributed by atoms with van der Waals surface area (Å²) >= 11 is 0. The number of nitrogens with zero attached hydrogens (tertiary/aromatic N) is 1. The zero-order valence-corrected chi connectivity index (χ0v) is 17.3. The van der Waals surface area contributed by atoms with Crippen molar-refractivity contribution >= 4 is 27.5 Å². The van der Waals surface area contributed by atoms with Gasteiger partial charge in [-0.1, -0.05) is 18.2 Å². The minimum Gasteiger partial charge on any atom is -0.467 e. The molecule has 156 valence electrons. The molecule has 0 saturated carbocycles. The van der Waals surface area contributed by atoms with Crippen LogP contribution >= 0.6 is 0 Å². The van der Waals surface area contributed by atoms with Crippen molar-refractivity contribution in [2.45, 2.75) is 11.4 Å². The van der Waals surface area contributed by atoms with Crippen LogP contribution in [0.2, 0.25) is 0 Å². The molecule has 0 saturated heterocycles. The molecular formula is C21H21N3O5S. The highest BCUT2D eigenvalue weighted by atomic mass is 32.2. The number of anilines is 1. The van der Waals surface area contributed by atoms with Crippen LogP contribution in [-0.2, 0) is 16.6 Å². The Bertz CT molecular complexity index is 1150. The number of nitrogens with one attached hydrogen (secondary N) is 2. The molecular weight excluding hydrogens is 406 g/mol. The standard InChI is InChI=1S/C21H21N3O5S/c1-24(2)30(27,28)17-9-5-7-15(13-17)20(25)23-19-11-4-3-10-18(19)21(26)22-14-16-8-6-12-29-16/h3-13H,14H2,1-2H3,(H,22,26)(H,23,25). The Labute approximate surface area is 174 Å². The Kier molecular flexibility index (Phi) is 6.34. The van der Waals surface area contributed by atoms with E-state index >= 15 is 0 Å². The lowest BCUT2D eigenvalue weighted by Crippen LogP contribution is -2.25. The molecule has 0 radical (unpaired) electrons. The molecule has 0 aliphatic carbocycles. The number of sulfonamides is 1. The van der Waals surface area contributed by atoms with Gasteiger partial charge in [-0.3, -0.25) is 9.59 Å². The van der Waals surface area contributed by atoms with E-state index in [9.17, 15) is 18.0 Å². The second-order valence-electron chi connectivity index (χ2n) is 6.58. The van der Waals surface area contributed by atoms with Crippen LogP contribution < -0.4 is 10.6 Å². The molecule has 9 heteroatoms. The lowest BCUT2D eigenvalue weighted by molar-refractivity contribution is 0.0949. The summed E-state index contributed by atoms with van der Waals surface area (Å²) in [4.78, 5) is 25.3. The molecule has 1 heterocycles.